The first kappa shape index (κ1) is 19.1. The number of aryl methyl sites for hydroxylation is 4. The van der Waals surface area contributed by atoms with E-state index in [2.05, 4.69) is 86.1 Å². The quantitative estimate of drug-likeness (QED) is 0.314. The molecule has 3 aromatic carbocycles. The molecule has 0 amide bonds. The number of rotatable bonds is 2. The number of aromatic nitrogens is 1. The minimum Gasteiger partial charge on any atom is -0.454 e. The van der Waals surface area contributed by atoms with Gasteiger partial charge in [-0.15, -0.1) is 0 Å². The van der Waals surface area contributed by atoms with Crippen LogP contribution in [0.15, 0.2) is 71.3 Å². The van der Waals surface area contributed by atoms with Gasteiger partial charge in [0.05, 0.1) is 17.2 Å². The number of fused-ring (bicyclic) bond motifs is 3. The van der Waals surface area contributed by atoms with Gasteiger partial charge < -0.3 is 4.42 Å². The van der Waals surface area contributed by atoms with Crippen LogP contribution in [0.5, 0.6) is 0 Å². The van der Waals surface area contributed by atoms with E-state index >= 15 is 0 Å². The third kappa shape index (κ3) is 3.00. The van der Waals surface area contributed by atoms with E-state index in [1.807, 2.05) is 19.2 Å². The first-order valence-electron chi connectivity index (χ1n) is 10.4. The Morgan fingerprint density at radius 2 is 1.61 bits per heavy atom. The normalized spacial score (nSPS) is 11.2. The monoisotopic (exact) mass is 403 g/mol. The fourth-order valence-corrected chi connectivity index (χ4v) is 4.34. The molecule has 0 aliphatic heterocycles. The Morgan fingerprint density at radius 3 is 2.35 bits per heavy atom. The number of pyridine rings is 1. The van der Waals surface area contributed by atoms with Gasteiger partial charge in [-0.3, -0.25) is 0 Å². The molecule has 0 saturated heterocycles. The Balaban J connectivity index is 1.92. The average Bonchev–Trinajstić information content (AvgIpc) is 3.15. The number of furan rings is 1. The van der Waals surface area contributed by atoms with E-state index in [9.17, 15) is 5.26 Å². The molecule has 3 heteroatoms. The van der Waals surface area contributed by atoms with Crippen molar-refractivity contribution < 1.29 is 8.98 Å². The van der Waals surface area contributed by atoms with Crippen LogP contribution in [0.3, 0.4) is 0 Å². The number of hydrogen-bond acceptors (Lipinski definition) is 2. The fraction of sp³-hybridized carbons (Fsp3) is 0.143. The van der Waals surface area contributed by atoms with Crippen molar-refractivity contribution in [2.24, 2.45) is 7.05 Å². The molecule has 0 spiro atoms. The summed E-state index contributed by atoms with van der Waals surface area (Å²) in [6.07, 6.45) is 2.07. The van der Waals surface area contributed by atoms with Crippen molar-refractivity contribution in [2.45, 2.75) is 20.8 Å². The lowest BCUT2D eigenvalue weighted by Gasteiger charge is -2.06. The van der Waals surface area contributed by atoms with E-state index in [4.69, 9.17) is 4.42 Å². The summed E-state index contributed by atoms with van der Waals surface area (Å²) >= 11 is 0. The lowest BCUT2D eigenvalue weighted by molar-refractivity contribution is -0.660. The van der Waals surface area contributed by atoms with Crippen LogP contribution in [-0.4, -0.2) is 0 Å². The molecule has 5 rings (SSSR count). The van der Waals surface area contributed by atoms with Crippen LogP contribution in [0.25, 0.3) is 44.3 Å². The zero-order valence-corrected chi connectivity index (χ0v) is 18.2. The van der Waals surface area contributed by atoms with Gasteiger partial charge in [0.25, 0.3) is 0 Å². The van der Waals surface area contributed by atoms with Gasteiger partial charge in [0.2, 0.25) is 5.69 Å². The Bertz CT molecular complexity index is 1520. The second kappa shape index (κ2) is 7.11. The van der Waals surface area contributed by atoms with Crippen LogP contribution in [-0.2, 0) is 7.05 Å². The lowest BCUT2D eigenvalue weighted by atomic mass is 9.96. The molecule has 0 saturated carbocycles. The topological polar surface area (TPSA) is 40.8 Å². The first-order chi connectivity index (χ1) is 15.0. The third-order valence-corrected chi connectivity index (χ3v) is 6.04. The maximum absolute atomic E-state index is 9.84. The van der Waals surface area contributed by atoms with Crippen molar-refractivity contribution in [1.29, 1.82) is 5.26 Å². The second-order valence-corrected chi connectivity index (χ2v) is 8.28. The Morgan fingerprint density at radius 1 is 0.839 bits per heavy atom. The SMILES string of the molecule is Cc1ccc(-c2ccc(C#N)c3c2oc2c(-c4cc(C)cc[n+]4C)c(C)ccc23)cc1. The number of benzene rings is 3. The van der Waals surface area contributed by atoms with Gasteiger partial charge >= 0.3 is 0 Å². The van der Waals surface area contributed by atoms with Crippen LogP contribution in [0.4, 0.5) is 0 Å². The zero-order valence-electron chi connectivity index (χ0n) is 18.2. The maximum atomic E-state index is 9.84. The second-order valence-electron chi connectivity index (χ2n) is 8.28. The van der Waals surface area contributed by atoms with Crippen molar-refractivity contribution >= 4 is 21.9 Å². The standard InChI is InChI=1S/C28H23N2O/c1-17-5-8-20(9-6-17)22-12-10-21(16-29)26-23-11-7-19(3)25(28(23)31-27(22)26)24-15-18(2)13-14-30(24)4/h5-15H,1-4H3/q+1. The summed E-state index contributed by atoms with van der Waals surface area (Å²) in [7, 11) is 2.05. The highest BCUT2D eigenvalue weighted by molar-refractivity contribution is 6.15. The van der Waals surface area contributed by atoms with Gasteiger partial charge in [-0.1, -0.05) is 42.0 Å². The molecule has 3 nitrogen and oxygen atoms in total. The molecular formula is C28H23N2O+. The van der Waals surface area contributed by atoms with Crippen molar-refractivity contribution in [3.8, 4) is 28.5 Å². The van der Waals surface area contributed by atoms with Gasteiger partial charge in [-0.25, -0.2) is 4.57 Å². The van der Waals surface area contributed by atoms with Crippen molar-refractivity contribution in [3.05, 3.63) is 89.1 Å². The molecule has 0 fully saturated rings. The van der Waals surface area contributed by atoms with Crippen molar-refractivity contribution in [3.63, 3.8) is 0 Å². The van der Waals surface area contributed by atoms with E-state index in [0.717, 1.165) is 49.9 Å². The lowest BCUT2D eigenvalue weighted by Crippen LogP contribution is -2.30. The highest BCUT2D eigenvalue weighted by Gasteiger charge is 2.23. The molecular weight excluding hydrogens is 380 g/mol. The smallest absolute Gasteiger partial charge is 0.216 e. The predicted octanol–water partition coefficient (Wildman–Crippen LogP) is 6.54. The summed E-state index contributed by atoms with van der Waals surface area (Å²) in [5.41, 5.74) is 10.0. The molecule has 5 aromatic rings. The molecule has 2 aromatic heterocycles. The van der Waals surface area contributed by atoms with Crippen molar-refractivity contribution in [2.75, 3.05) is 0 Å². The van der Waals surface area contributed by atoms with E-state index in [1.54, 1.807) is 0 Å². The fourth-order valence-electron chi connectivity index (χ4n) is 4.34. The summed E-state index contributed by atoms with van der Waals surface area (Å²) in [5.74, 6) is 0. The molecule has 0 aliphatic rings. The van der Waals surface area contributed by atoms with Crippen LogP contribution < -0.4 is 4.57 Å². The summed E-state index contributed by atoms with van der Waals surface area (Å²) in [4.78, 5) is 0. The molecule has 0 aliphatic carbocycles. The minimum atomic E-state index is 0.632. The first-order valence-corrected chi connectivity index (χ1v) is 10.4. The largest absolute Gasteiger partial charge is 0.454 e. The van der Waals surface area contributed by atoms with Crippen LogP contribution in [0.1, 0.15) is 22.3 Å². The van der Waals surface area contributed by atoms with Crippen LogP contribution >= 0.6 is 0 Å². The van der Waals surface area contributed by atoms with Crippen molar-refractivity contribution in [1.82, 2.24) is 0 Å². The third-order valence-electron chi connectivity index (χ3n) is 6.04. The van der Waals surface area contributed by atoms with Gasteiger partial charge in [-0.2, -0.15) is 5.26 Å². The summed E-state index contributed by atoms with van der Waals surface area (Å²) in [6, 6.07) is 23.2. The summed E-state index contributed by atoms with van der Waals surface area (Å²) in [5, 5.41) is 11.7. The number of nitrogens with zero attached hydrogens (tertiary/aromatic N) is 2. The average molecular weight is 404 g/mol. The van der Waals surface area contributed by atoms with Gasteiger partial charge in [-0.05, 0) is 49.6 Å². The molecule has 31 heavy (non-hydrogen) atoms. The van der Waals surface area contributed by atoms with E-state index < -0.39 is 0 Å². The summed E-state index contributed by atoms with van der Waals surface area (Å²) in [6.45, 7) is 6.29. The van der Waals surface area contributed by atoms with Gasteiger partial charge in [0, 0.05) is 28.5 Å². The van der Waals surface area contributed by atoms with Crippen LogP contribution in [0.2, 0.25) is 0 Å². The molecule has 0 radical (unpaired) electrons. The molecule has 0 unspecified atom stereocenters. The Hall–Kier alpha value is -3.90. The summed E-state index contributed by atoms with van der Waals surface area (Å²) < 4.78 is 8.73. The molecule has 0 atom stereocenters. The van der Waals surface area contributed by atoms with E-state index in [-0.39, 0.29) is 0 Å². The molecule has 0 N–H and O–H groups in total. The highest BCUT2D eigenvalue weighted by atomic mass is 16.3. The highest BCUT2D eigenvalue weighted by Crippen LogP contribution is 2.42. The Kier molecular flexibility index (Phi) is 4.38. The molecule has 2 heterocycles. The molecule has 0 bridgehead atoms. The molecule has 150 valence electrons. The van der Waals surface area contributed by atoms with E-state index in [0.29, 0.717) is 5.56 Å². The van der Waals surface area contributed by atoms with Gasteiger partial charge in [0.1, 0.15) is 18.2 Å². The minimum absolute atomic E-state index is 0.632. The van der Waals surface area contributed by atoms with E-state index in [1.165, 1.54) is 11.1 Å². The Labute approximate surface area is 181 Å². The number of nitriles is 1. The number of hydrogen-bond donors (Lipinski definition) is 0. The van der Waals surface area contributed by atoms with Crippen LogP contribution in [0, 0.1) is 32.1 Å². The maximum Gasteiger partial charge on any atom is 0.216 e. The van der Waals surface area contributed by atoms with Gasteiger partial charge in [0.15, 0.2) is 6.20 Å². The zero-order chi connectivity index (χ0) is 21.7. The predicted molar refractivity (Wildman–Crippen MR) is 125 cm³/mol.